The van der Waals surface area contributed by atoms with Crippen LogP contribution in [-0.4, -0.2) is 18.5 Å². The van der Waals surface area contributed by atoms with Gasteiger partial charge >= 0.3 is 0 Å². The molecule has 2 rings (SSSR count). The summed E-state index contributed by atoms with van der Waals surface area (Å²) in [5, 5.41) is 13.8. The van der Waals surface area contributed by atoms with Crippen molar-refractivity contribution in [2.75, 3.05) is 6.61 Å². The normalized spacial score (nSPS) is 11.5. The van der Waals surface area contributed by atoms with Gasteiger partial charge in [0.15, 0.2) is 0 Å². The molecular weight excluding hydrogens is 306 g/mol. The first-order valence-corrected chi connectivity index (χ1v) is 7.88. The highest BCUT2D eigenvalue weighted by Crippen LogP contribution is 2.21. The van der Waals surface area contributed by atoms with Crippen molar-refractivity contribution in [1.82, 2.24) is 5.32 Å². The molecule has 0 aliphatic rings. The van der Waals surface area contributed by atoms with E-state index in [1.165, 1.54) is 0 Å². The number of carboxylic acid groups (broad SMARTS) is 1. The first kappa shape index (κ1) is 17.5. The van der Waals surface area contributed by atoms with Crippen LogP contribution in [0.5, 0.6) is 5.75 Å². The van der Waals surface area contributed by atoms with E-state index in [9.17, 15) is 14.7 Å². The lowest BCUT2D eigenvalue weighted by Gasteiger charge is -2.20. The lowest BCUT2D eigenvalue weighted by Crippen LogP contribution is -2.34. The molecule has 0 aliphatic carbocycles. The Balaban J connectivity index is 2.12. The summed E-state index contributed by atoms with van der Waals surface area (Å²) in [4.78, 5) is 23.3. The molecule has 1 unspecified atom stereocenters. The molecule has 24 heavy (non-hydrogen) atoms. The maximum Gasteiger partial charge on any atom is 0.251 e. The van der Waals surface area contributed by atoms with Crippen molar-refractivity contribution in [3.05, 3.63) is 65.7 Å². The predicted octanol–water partition coefficient (Wildman–Crippen LogP) is 2.09. The van der Waals surface area contributed by atoms with Crippen LogP contribution in [0.3, 0.4) is 0 Å². The van der Waals surface area contributed by atoms with Crippen molar-refractivity contribution in [1.29, 1.82) is 0 Å². The number of aliphatic carboxylic acids is 1. The minimum Gasteiger partial charge on any atom is -0.550 e. The van der Waals surface area contributed by atoms with Gasteiger partial charge in [0.2, 0.25) is 0 Å². The number of carbonyl (C=O) groups is 2. The van der Waals surface area contributed by atoms with E-state index in [-0.39, 0.29) is 12.3 Å². The van der Waals surface area contributed by atoms with E-state index < -0.39 is 12.0 Å². The molecule has 0 spiro atoms. The van der Waals surface area contributed by atoms with Crippen LogP contribution in [0, 0.1) is 0 Å². The van der Waals surface area contributed by atoms with E-state index in [0.717, 1.165) is 6.42 Å². The summed E-state index contributed by atoms with van der Waals surface area (Å²) in [6, 6.07) is 15.0. The van der Waals surface area contributed by atoms with Crippen LogP contribution in [0.1, 0.15) is 41.7 Å². The van der Waals surface area contributed by atoms with E-state index in [1.54, 1.807) is 48.5 Å². The molecule has 0 heterocycles. The van der Waals surface area contributed by atoms with Crippen molar-refractivity contribution >= 4 is 11.9 Å². The summed E-state index contributed by atoms with van der Waals surface area (Å²) in [6.07, 6.45) is 0.607. The summed E-state index contributed by atoms with van der Waals surface area (Å²) in [7, 11) is 0. The van der Waals surface area contributed by atoms with Crippen LogP contribution in [0.2, 0.25) is 0 Å². The van der Waals surface area contributed by atoms with Crippen LogP contribution >= 0.6 is 0 Å². The number of hydrogen-bond donors (Lipinski definition) is 1. The topological polar surface area (TPSA) is 78.5 Å². The van der Waals surface area contributed by atoms with Gasteiger partial charge in [-0.05, 0) is 36.2 Å². The van der Waals surface area contributed by atoms with Gasteiger partial charge in [-0.2, -0.15) is 0 Å². The third-order valence-corrected chi connectivity index (χ3v) is 3.47. The largest absolute Gasteiger partial charge is 0.550 e. The Hall–Kier alpha value is -2.82. The Morgan fingerprint density at radius 2 is 1.75 bits per heavy atom. The van der Waals surface area contributed by atoms with Crippen molar-refractivity contribution in [3.8, 4) is 5.75 Å². The summed E-state index contributed by atoms with van der Waals surface area (Å²) in [6.45, 7) is 2.63. The lowest BCUT2D eigenvalue weighted by molar-refractivity contribution is -0.306. The van der Waals surface area contributed by atoms with Gasteiger partial charge in [-0.1, -0.05) is 37.3 Å². The van der Waals surface area contributed by atoms with E-state index in [0.29, 0.717) is 23.5 Å². The molecule has 1 amide bonds. The Labute approximate surface area is 141 Å². The minimum absolute atomic E-state index is 0.298. The smallest absolute Gasteiger partial charge is 0.251 e. The quantitative estimate of drug-likeness (QED) is 0.805. The fraction of sp³-hybridized carbons (Fsp3) is 0.263. The number of nitrogens with one attached hydrogen (secondary N) is 1. The highest BCUT2D eigenvalue weighted by Gasteiger charge is 2.16. The van der Waals surface area contributed by atoms with Crippen LogP contribution in [-0.2, 0) is 4.79 Å². The lowest BCUT2D eigenvalue weighted by atomic mass is 10.0. The van der Waals surface area contributed by atoms with E-state index in [2.05, 4.69) is 5.32 Å². The third kappa shape index (κ3) is 5.12. The molecule has 0 aromatic heterocycles. The zero-order chi connectivity index (χ0) is 17.4. The van der Waals surface area contributed by atoms with Gasteiger partial charge in [0.05, 0.1) is 12.6 Å². The second kappa shape index (κ2) is 8.72. The summed E-state index contributed by atoms with van der Waals surface area (Å²) in [5.74, 6) is -0.838. The highest BCUT2D eigenvalue weighted by atomic mass is 16.5. The van der Waals surface area contributed by atoms with Crippen LogP contribution in [0.25, 0.3) is 0 Å². The molecule has 0 fully saturated rings. The fourth-order valence-corrected chi connectivity index (χ4v) is 2.27. The first-order chi connectivity index (χ1) is 11.6. The number of ether oxygens (including phenoxy) is 1. The average molecular weight is 326 g/mol. The maximum atomic E-state index is 12.3. The number of carboxylic acids is 1. The molecule has 5 heteroatoms. The monoisotopic (exact) mass is 326 g/mol. The Kier molecular flexibility index (Phi) is 6.37. The molecule has 0 radical (unpaired) electrons. The Morgan fingerprint density at radius 1 is 1.08 bits per heavy atom. The molecule has 0 bridgehead atoms. The van der Waals surface area contributed by atoms with Crippen molar-refractivity contribution in [2.45, 2.75) is 25.8 Å². The van der Waals surface area contributed by atoms with Gasteiger partial charge < -0.3 is 20.0 Å². The van der Waals surface area contributed by atoms with Gasteiger partial charge in [-0.15, -0.1) is 0 Å². The Morgan fingerprint density at radius 3 is 2.33 bits per heavy atom. The number of benzene rings is 2. The Bertz CT molecular complexity index is 668. The van der Waals surface area contributed by atoms with Crippen LogP contribution in [0.4, 0.5) is 0 Å². The van der Waals surface area contributed by atoms with Crippen LogP contribution < -0.4 is 15.2 Å². The molecule has 5 nitrogen and oxygen atoms in total. The van der Waals surface area contributed by atoms with E-state index in [4.69, 9.17) is 4.74 Å². The van der Waals surface area contributed by atoms with Crippen molar-refractivity contribution in [3.63, 3.8) is 0 Å². The van der Waals surface area contributed by atoms with Gasteiger partial charge in [0, 0.05) is 18.0 Å². The molecule has 0 saturated heterocycles. The SMILES string of the molecule is CCCOc1ccc(C(CC(=O)[O-])NC(=O)c2ccccc2)cc1. The predicted molar refractivity (Wildman–Crippen MR) is 88.5 cm³/mol. The summed E-state index contributed by atoms with van der Waals surface area (Å²) in [5.41, 5.74) is 1.16. The zero-order valence-electron chi connectivity index (χ0n) is 13.5. The first-order valence-electron chi connectivity index (χ1n) is 7.88. The molecular formula is C19H20NO4-. The van der Waals surface area contributed by atoms with Crippen molar-refractivity contribution < 1.29 is 19.4 Å². The minimum atomic E-state index is -1.22. The highest BCUT2D eigenvalue weighted by molar-refractivity contribution is 5.94. The molecule has 0 aliphatic heterocycles. The average Bonchev–Trinajstić information content (AvgIpc) is 2.60. The van der Waals surface area contributed by atoms with Gasteiger partial charge in [-0.3, -0.25) is 4.79 Å². The molecule has 1 N–H and O–H groups in total. The standard InChI is InChI=1S/C19H21NO4/c1-2-12-24-16-10-8-14(9-11-16)17(13-18(21)22)20-19(23)15-6-4-3-5-7-15/h3-11,17H,2,12-13H2,1H3,(H,20,23)(H,21,22)/p-1. The summed E-state index contributed by atoms with van der Waals surface area (Å²) < 4.78 is 5.51. The number of amides is 1. The number of carbonyl (C=O) groups excluding carboxylic acids is 2. The molecule has 2 aromatic rings. The van der Waals surface area contributed by atoms with Gasteiger partial charge in [-0.25, -0.2) is 0 Å². The van der Waals surface area contributed by atoms with Gasteiger partial charge in [0.25, 0.3) is 5.91 Å². The van der Waals surface area contributed by atoms with Gasteiger partial charge in [0.1, 0.15) is 5.75 Å². The molecule has 1 atom stereocenters. The molecule has 2 aromatic carbocycles. The molecule has 126 valence electrons. The van der Waals surface area contributed by atoms with Crippen LogP contribution in [0.15, 0.2) is 54.6 Å². The zero-order valence-corrected chi connectivity index (χ0v) is 13.5. The second-order valence-corrected chi connectivity index (χ2v) is 5.39. The number of rotatable bonds is 8. The third-order valence-electron chi connectivity index (χ3n) is 3.47. The van der Waals surface area contributed by atoms with E-state index >= 15 is 0 Å². The molecule has 0 saturated carbocycles. The van der Waals surface area contributed by atoms with E-state index in [1.807, 2.05) is 13.0 Å². The second-order valence-electron chi connectivity index (χ2n) is 5.39. The number of hydrogen-bond acceptors (Lipinski definition) is 4. The van der Waals surface area contributed by atoms with Crippen molar-refractivity contribution in [2.24, 2.45) is 0 Å². The maximum absolute atomic E-state index is 12.3. The fourth-order valence-electron chi connectivity index (χ4n) is 2.27. The summed E-state index contributed by atoms with van der Waals surface area (Å²) >= 11 is 0.